The molecule has 0 aromatic heterocycles. The highest BCUT2D eigenvalue weighted by Gasteiger charge is 2.12. The van der Waals surface area contributed by atoms with Crippen molar-refractivity contribution in [1.82, 2.24) is 0 Å². The van der Waals surface area contributed by atoms with E-state index in [2.05, 4.69) is 0 Å². The van der Waals surface area contributed by atoms with Gasteiger partial charge in [0.05, 0.1) is 17.6 Å². The minimum Gasteiger partial charge on any atom is -0.481 e. The lowest BCUT2D eigenvalue weighted by atomic mass is 10.0. The maximum atomic E-state index is 10.6. The lowest BCUT2D eigenvalue weighted by Crippen LogP contribution is -2.06. The van der Waals surface area contributed by atoms with Crippen LogP contribution in [0.5, 0.6) is 0 Å². The Bertz CT molecular complexity index is 348. The first-order valence-corrected chi connectivity index (χ1v) is 3.88. The number of benzene rings is 1. The standard InChI is InChI=1S/C10H9NO2/c1-7(10(12)13)9-4-2-8(6-11)3-5-9/h2-5,7H,1H3,(H,12,13)/t7-/m1/s1. The first kappa shape index (κ1) is 9.27. The lowest BCUT2D eigenvalue weighted by Gasteiger charge is -2.05. The van der Waals surface area contributed by atoms with E-state index >= 15 is 0 Å². The molecule has 3 heteroatoms. The summed E-state index contributed by atoms with van der Waals surface area (Å²) in [5.74, 6) is -1.38. The van der Waals surface area contributed by atoms with Crippen LogP contribution in [0.1, 0.15) is 24.0 Å². The normalized spacial score (nSPS) is 11.7. The Hall–Kier alpha value is -1.82. The predicted molar refractivity (Wildman–Crippen MR) is 47.2 cm³/mol. The third-order valence-electron chi connectivity index (χ3n) is 1.91. The predicted octanol–water partition coefficient (Wildman–Crippen LogP) is 1.75. The molecule has 0 saturated carbocycles. The van der Waals surface area contributed by atoms with Gasteiger partial charge in [0, 0.05) is 0 Å². The van der Waals surface area contributed by atoms with Gasteiger partial charge in [0.2, 0.25) is 0 Å². The van der Waals surface area contributed by atoms with E-state index in [-0.39, 0.29) is 0 Å². The number of rotatable bonds is 2. The molecule has 66 valence electrons. The molecule has 0 saturated heterocycles. The Morgan fingerprint density at radius 1 is 1.46 bits per heavy atom. The molecule has 0 radical (unpaired) electrons. The fraction of sp³-hybridized carbons (Fsp3) is 0.200. The van der Waals surface area contributed by atoms with Gasteiger partial charge in [0.1, 0.15) is 0 Å². The quantitative estimate of drug-likeness (QED) is 0.744. The summed E-state index contributed by atoms with van der Waals surface area (Å²) in [6.45, 7) is 1.61. The Kier molecular flexibility index (Phi) is 2.65. The van der Waals surface area contributed by atoms with Crippen LogP contribution in [0.2, 0.25) is 0 Å². The molecule has 0 spiro atoms. The maximum Gasteiger partial charge on any atom is 0.310 e. The van der Waals surface area contributed by atoms with Gasteiger partial charge in [0.25, 0.3) is 0 Å². The monoisotopic (exact) mass is 175 g/mol. The third kappa shape index (κ3) is 2.06. The Morgan fingerprint density at radius 3 is 2.38 bits per heavy atom. The van der Waals surface area contributed by atoms with Crippen LogP contribution in [0.3, 0.4) is 0 Å². The van der Waals surface area contributed by atoms with Crippen molar-refractivity contribution in [2.75, 3.05) is 0 Å². The van der Waals surface area contributed by atoms with Gasteiger partial charge in [-0.2, -0.15) is 5.26 Å². The second kappa shape index (κ2) is 3.72. The van der Waals surface area contributed by atoms with Crippen LogP contribution in [-0.4, -0.2) is 11.1 Å². The number of carboxylic acids is 1. The van der Waals surface area contributed by atoms with Gasteiger partial charge in [-0.25, -0.2) is 0 Å². The highest BCUT2D eigenvalue weighted by molar-refractivity contribution is 5.75. The summed E-state index contributed by atoms with van der Waals surface area (Å²) < 4.78 is 0. The van der Waals surface area contributed by atoms with E-state index in [1.165, 1.54) is 0 Å². The summed E-state index contributed by atoms with van der Waals surface area (Å²) in [5.41, 5.74) is 1.26. The SMILES string of the molecule is C[C@@H](C(=O)O)c1ccc(C#N)cc1. The molecule has 1 aromatic carbocycles. The Morgan fingerprint density at radius 2 is 2.00 bits per heavy atom. The number of hydrogen-bond acceptors (Lipinski definition) is 2. The van der Waals surface area contributed by atoms with Crippen LogP contribution in [0.25, 0.3) is 0 Å². The molecule has 1 aromatic rings. The van der Waals surface area contributed by atoms with E-state index in [9.17, 15) is 4.79 Å². The van der Waals surface area contributed by atoms with Crippen molar-refractivity contribution in [1.29, 1.82) is 5.26 Å². The number of nitriles is 1. The molecule has 0 heterocycles. The second-order valence-corrected chi connectivity index (χ2v) is 2.79. The van der Waals surface area contributed by atoms with Crippen molar-refractivity contribution in [3.63, 3.8) is 0 Å². The van der Waals surface area contributed by atoms with Crippen molar-refractivity contribution >= 4 is 5.97 Å². The zero-order chi connectivity index (χ0) is 9.84. The van der Waals surface area contributed by atoms with Crippen LogP contribution < -0.4 is 0 Å². The average molecular weight is 175 g/mol. The molecule has 0 amide bonds. The van der Waals surface area contributed by atoms with E-state index < -0.39 is 11.9 Å². The van der Waals surface area contributed by atoms with Crippen LogP contribution in [0.15, 0.2) is 24.3 Å². The molecule has 0 bridgehead atoms. The first-order chi connectivity index (χ1) is 6.15. The molecule has 0 aliphatic carbocycles. The van der Waals surface area contributed by atoms with E-state index in [1.54, 1.807) is 31.2 Å². The topological polar surface area (TPSA) is 61.1 Å². The highest BCUT2D eigenvalue weighted by atomic mass is 16.4. The fourth-order valence-electron chi connectivity index (χ4n) is 0.989. The van der Waals surface area contributed by atoms with Gasteiger partial charge >= 0.3 is 5.97 Å². The van der Waals surface area contributed by atoms with Crippen LogP contribution >= 0.6 is 0 Å². The second-order valence-electron chi connectivity index (χ2n) is 2.79. The molecule has 1 atom stereocenters. The van der Waals surface area contributed by atoms with Gasteiger partial charge in [-0.3, -0.25) is 4.79 Å². The molecule has 1 rings (SSSR count). The third-order valence-corrected chi connectivity index (χ3v) is 1.91. The van der Waals surface area contributed by atoms with Gasteiger partial charge in [-0.05, 0) is 24.6 Å². The summed E-state index contributed by atoms with van der Waals surface area (Å²) in [6.07, 6.45) is 0. The van der Waals surface area contributed by atoms with Crippen LogP contribution in [0.4, 0.5) is 0 Å². The van der Waals surface area contributed by atoms with Crippen molar-refractivity contribution in [2.45, 2.75) is 12.8 Å². The molecule has 1 N–H and O–H groups in total. The van der Waals surface area contributed by atoms with E-state index in [0.29, 0.717) is 11.1 Å². The number of nitrogens with zero attached hydrogens (tertiary/aromatic N) is 1. The highest BCUT2D eigenvalue weighted by Crippen LogP contribution is 2.15. The number of aliphatic carboxylic acids is 1. The molecule has 0 fully saturated rings. The first-order valence-electron chi connectivity index (χ1n) is 3.88. The fourth-order valence-corrected chi connectivity index (χ4v) is 0.989. The summed E-state index contributed by atoms with van der Waals surface area (Å²) >= 11 is 0. The van der Waals surface area contributed by atoms with Crippen molar-refractivity contribution in [2.24, 2.45) is 0 Å². The summed E-state index contributed by atoms with van der Waals surface area (Å²) in [5, 5.41) is 17.2. The van der Waals surface area contributed by atoms with E-state index in [1.807, 2.05) is 6.07 Å². The van der Waals surface area contributed by atoms with Crippen molar-refractivity contribution in [3.05, 3.63) is 35.4 Å². The van der Waals surface area contributed by atoms with Crippen molar-refractivity contribution in [3.8, 4) is 6.07 Å². The maximum absolute atomic E-state index is 10.6. The van der Waals surface area contributed by atoms with Crippen LogP contribution in [0, 0.1) is 11.3 Å². The summed E-state index contributed by atoms with van der Waals surface area (Å²) in [6, 6.07) is 8.54. The molecule has 0 unspecified atom stereocenters. The summed E-state index contributed by atoms with van der Waals surface area (Å²) in [4.78, 5) is 10.6. The largest absolute Gasteiger partial charge is 0.481 e. The van der Waals surface area contributed by atoms with E-state index in [0.717, 1.165) is 0 Å². The molecule has 3 nitrogen and oxygen atoms in total. The Labute approximate surface area is 76.2 Å². The Balaban J connectivity index is 2.93. The van der Waals surface area contributed by atoms with Gasteiger partial charge in [-0.15, -0.1) is 0 Å². The molecular formula is C10H9NO2. The van der Waals surface area contributed by atoms with E-state index in [4.69, 9.17) is 10.4 Å². The number of hydrogen-bond donors (Lipinski definition) is 1. The molecular weight excluding hydrogens is 166 g/mol. The zero-order valence-electron chi connectivity index (χ0n) is 7.19. The molecule has 13 heavy (non-hydrogen) atoms. The molecule has 0 aliphatic heterocycles. The number of carboxylic acid groups (broad SMARTS) is 1. The summed E-state index contributed by atoms with van der Waals surface area (Å²) in [7, 11) is 0. The van der Waals surface area contributed by atoms with Gasteiger partial charge in [0.15, 0.2) is 0 Å². The minimum atomic E-state index is -0.857. The molecule has 0 aliphatic rings. The number of carbonyl (C=O) groups is 1. The lowest BCUT2D eigenvalue weighted by molar-refractivity contribution is -0.138. The van der Waals surface area contributed by atoms with Gasteiger partial charge < -0.3 is 5.11 Å². The average Bonchev–Trinajstić information content (AvgIpc) is 2.17. The van der Waals surface area contributed by atoms with Crippen LogP contribution in [-0.2, 0) is 4.79 Å². The van der Waals surface area contributed by atoms with Gasteiger partial charge in [-0.1, -0.05) is 12.1 Å². The zero-order valence-corrected chi connectivity index (χ0v) is 7.19. The minimum absolute atomic E-state index is 0.521. The smallest absolute Gasteiger partial charge is 0.310 e. The van der Waals surface area contributed by atoms with Crippen molar-refractivity contribution < 1.29 is 9.90 Å².